The zero-order chi connectivity index (χ0) is 22.2. The van der Waals surface area contributed by atoms with Crippen molar-refractivity contribution in [2.45, 2.75) is 83.2 Å². The zero-order valence-corrected chi connectivity index (χ0v) is 19.4. The largest absolute Gasteiger partial charge is 0.489 e. The van der Waals surface area contributed by atoms with Gasteiger partial charge in [0.15, 0.2) is 0 Å². The van der Waals surface area contributed by atoms with Gasteiger partial charge >= 0.3 is 5.97 Å². The second-order valence-corrected chi connectivity index (χ2v) is 11.4. The van der Waals surface area contributed by atoms with E-state index in [1.807, 2.05) is 6.07 Å². The van der Waals surface area contributed by atoms with E-state index >= 15 is 0 Å². The van der Waals surface area contributed by atoms with Gasteiger partial charge in [-0.25, -0.2) is 0 Å². The van der Waals surface area contributed by atoms with Crippen molar-refractivity contribution in [3.8, 4) is 5.75 Å². The first kappa shape index (κ1) is 20.6. The molecule has 31 heavy (non-hydrogen) atoms. The van der Waals surface area contributed by atoms with Gasteiger partial charge in [0.05, 0.1) is 5.92 Å². The van der Waals surface area contributed by atoms with E-state index in [2.05, 4.69) is 65.0 Å². The molecule has 0 saturated heterocycles. The van der Waals surface area contributed by atoms with Crippen molar-refractivity contribution in [3.63, 3.8) is 0 Å². The molecule has 0 heterocycles. The molecular weight excluding hydrogens is 384 g/mol. The molecule has 1 N–H and O–H groups in total. The number of rotatable bonds is 4. The summed E-state index contributed by atoms with van der Waals surface area (Å²) >= 11 is 0. The fraction of sp³-hybridized carbons (Fsp3) is 0.536. The van der Waals surface area contributed by atoms with E-state index in [1.54, 1.807) is 0 Å². The molecule has 1 fully saturated rings. The van der Waals surface area contributed by atoms with E-state index in [0.29, 0.717) is 6.61 Å². The molecule has 3 aliphatic rings. The number of fused-ring (bicyclic) bond motifs is 3. The Morgan fingerprint density at radius 1 is 0.968 bits per heavy atom. The van der Waals surface area contributed by atoms with Gasteiger partial charge in [0.25, 0.3) is 0 Å². The van der Waals surface area contributed by atoms with Gasteiger partial charge in [0.2, 0.25) is 0 Å². The Kier molecular flexibility index (Phi) is 4.39. The van der Waals surface area contributed by atoms with Gasteiger partial charge in [0.1, 0.15) is 12.4 Å². The molecule has 5 rings (SSSR count). The lowest BCUT2D eigenvalue weighted by Gasteiger charge is -2.42. The maximum atomic E-state index is 11.7. The number of aliphatic carboxylic acids is 1. The van der Waals surface area contributed by atoms with Crippen molar-refractivity contribution in [3.05, 3.63) is 64.2 Å². The topological polar surface area (TPSA) is 46.5 Å². The fourth-order valence-corrected chi connectivity index (χ4v) is 6.53. The van der Waals surface area contributed by atoms with Crippen LogP contribution in [0.15, 0.2) is 36.4 Å². The molecule has 2 aromatic carbocycles. The van der Waals surface area contributed by atoms with E-state index in [9.17, 15) is 9.90 Å². The molecular formula is C28H34O3. The van der Waals surface area contributed by atoms with Gasteiger partial charge in [-0.3, -0.25) is 4.79 Å². The van der Waals surface area contributed by atoms with E-state index in [0.717, 1.165) is 18.6 Å². The number of carbonyl (C=O) groups is 1. The average molecular weight is 419 g/mol. The second kappa shape index (κ2) is 6.60. The number of carboxylic acid groups (broad SMARTS) is 1. The van der Waals surface area contributed by atoms with Crippen molar-refractivity contribution >= 4 is 5.97 Å². The number of carboxylic acids is 1. The van der Waals surface area contributed by atoms with Gasteiger partial charge in [-0.15, -0.1) is 0 Å². The Morgan fingerprint density at radius 3 is 2.35 bits per heavy atom. The second-order valence-electron chi connectivity index (χ2n) is 11.4. The number of hydrogen-bond donors (Lipinski definition) is 1. The quantitative estimate of drug-likeness (QED) is 0.648. The van der Waals surface area contributed by atoms with Gasteiger partial charge in [-0.2, -0.15) is 0 Å². The molecule has 3 atom stereocenters. The Balaban J connectivity index is 1.38. The summed E-state index contributed by atoms with van der Waals surface area (Å²) in [5.41, 5.74) is 6.85. The molecule has 3 aliphatic carbocycles. The number of aryl methyl sites for hydroxylation is 1. The smallest absolute Gasteiger partial charge is 0.307 e. The van der Waals surface area contributed by atoms with Crippen LogP contribution in [-0.2, 0) is 34.1 Å². The van der Waals surface area contributed by atoms with Crippen LogP contribution >= 0.6 is 0 Å². The summed E-state index contributed by atoms with van der Waals surface area (Å²) in [6.07, 6.45) is 4.33. The zero-order valence-electron chi connectivity index (χ0n) is 19.4. The maximum absolute atomic E-state index is 11.7. The first-order valence-corrected chi connectivity index (χ1v) is 11.7. The molecule has 0 radical (unpaired) electrons. The van der Waals surface area contributed by atoms with Gasteiger partial charge < -0.3 is 9.84 Å². The standard InChI is InChI=1S/C28H34O3/c1-17-24(25(29)30)28(17)11-10-19-7-8-20(15-22(19)28)31-16-18-6-9-21-23(14-18)27(4,5)13-12-26(21,2)3/h6-9,14-15,17,24H,10-13,16H2,1-5H3,(H,29,30). The minimum Gasteiger partial charge on any atom is -0.489 e. The van der Waals surface area contributed by atoms with Crippen LogP contribution in [0.3, 0.4) is 0 Å². The first-order chi connectivity index (χ1) is 14.6. The van der Waals surface area contributed by atoms with E-state index in [-0.39, 0.29) is 28.1 Å². The molecule has 3 heteroatoms. The predicted molar refractivity (Wildman–Crippen MR) is 123 cm³/mol. The van der Waals surface area contributed by atoms with Crippen LogP contribution in [0.2, 0.25) is 0 Å². The molecule has 3 nitrogen and oxygen atoms in total. The van der Waals surface area contributed by atoms with Crippen LogP contribution < -0.4 is 4.74 Å². The summed E-state index contributed by atoms with van der Waals surface area (Å²) in [6.45, 7) is 12.0. The molecule has 164 valence electrons. The minimum absolute atomic E-state index is 0.179. The molecule has 1 saturated carbocycles. The van der Waals surface area contributed by atoms with E-state index < -0.39 is 5.97 Å². The fourth-order valence-electron chi connectivity index (χ4n) is 6.53. The Bertz CT molecular complexity index is 1060. The Hall–Kier alpha value is -2.29. The summed E-state index contributed by atoms with van der Waals surface area (Å²) in [6, 6.07) is 13.2. The van der Waals surface area contributed by atoms with Crippen LogP contribution in [0.25, 0.3) is 0 Å². The van der Waals surface area contributed by atoms with Gasteiger partial charge in [0, 0.05) is 5.41 Å². The third-order valence-corrected chi connectivity index (χ3v) is 8.74. The number of hydrogen-bond acceptors (Lipinski definition) is 2. The van der Waals surface area contributed by atoms with Crippen molar-refractivity contribution in [1.82, 2.24) is 0 Å². The summed E-state index contributed by atoms with van der Waals surface area (Å²) in [7, 11) is 0. The Morgan fingerprint density at radius 2 is 1.68 bits per heavy atom. The summed E-state index contributed by atoms with van der Waals surface area (Å²) in [5, 5.41) is 9.64. The third-order valence-electron chi connectivity index (χ3n) is 8.74. The monoisotopic (exact) mass is 418 g/mol. The van der Waals surface area contributed by atoms with Crippen molar-refractivity contribution in [2.24, 2.45) is 11.8 Å². The van der Waals surface area contributed by atoms with Crippen LogP contribution in [-0.4, -0.2) is 11.1 Å². The third kappa shape index (κ3) is 3.03. The van der Waals surface area contributed by atoms with E-state index in [4.69, 9.17) is 4.74 Å². The SMILES string of the molecule is CC1C(C(=O)O)C12CCc1ccc(OCc3ccc4c(c3)C(C)(C)CCC4(C)C)cc12. The van der Waals surface area contributed by atoms with Crippen molar-refractivity contribution in [1.29, 1.82) is 0 Å². The lowest BCUT2D eigenvalue weighted by atomic mass is 9.63. The number of ether oxygens (including phenoxy) is 1. The highest BCUT2D eigenvalue weighted by molar-refractivity contribution is 5.79. The minimum atomic E-state index is -0.661. The Labute approximate surface area is 185 Å². The van der Waals surface area contributed by atoms with Crippen LogP contribution in [0.5, 0.6) is 5.75 Å². The van der Waals surface area contributed by atoms with Crippen LogP contribution in [0.4, 0.5) is 0 Å². The maximum Gasteiger partial charge on any atom is 0.307 e. The molecule has 2 aromatic rings. The highest BCUT2D eigenvalue weighted by Gasteiger charge is 2.68. The molecule has 3 unspecified atom stereocenters. The average Bonchev–Trinajstić information content (AvgIpc) is 3.15. The molecule has 0 aliphatic heterocycles. The first-order valence-electron chi connectivity index (χ1n) is 11.7. The summed E-state index contributed by atoms with van der Waals surface area (Å²) in [4.78, 5) is 11.7. The molecule has 0 aromatic heterocycles. The lowest BCUT2D eigenvalue weighted by molar-refractivity contribution is -0.139. The summed E-state index contributed by atoms with van der Waals surface area (Å²) < 4.78 is 6.23. The van der Waals surface area contributed by atoms with Gasteiger partial charge in [-0.1, -0.05) is 58.9 Å². The van der Waals surface area contributed by atoms with Crippen LogP contribution in [0, 0.1) is 11.8 Å². The number of benzene rings is 2. The molecule has 0 bridgehead atoms. The van der Waals surface area contributed by atoms with E-state index in [1.165, 1.54) is 40.7 Å². The highest BCUT2D eigenvalue weighted by atomic mass is 16.5. The molecule has 1 spiro atoms. The lowest BCUT2D eigenvalue weighted by Crippen LogP contribution is -2.33. The normalized spacial score (nSPS) is 29.3. The molecule has 0 amide bonds. The van der Waals surface area contributed by atoms with Crippen LogP contribution in [0.1, 0.15) is 81.7 Å². The van der Waals surface area contributed by atoms with Crippen molar-refractivity contribution in [2.75, 3.05) is 0 Å². The highest BCUT2D eigenvalue weighted by Crippen LogP contribution is 2.66. The summed E-state index contributed by atoms with van der Waals surface area (Å²) in [5.74, 6) is 0.134. The van der Waals surface area contributed by atoms with Crippen molar-refractivity contribution < 1.29 is 14.6 Å². The predicted octanol–water partition coefficient (Wildman–Crippen LogP) is 6.15. The van der Waals surface area contributed by atoms with Gasteiger partial charge in [-0.05, 0) is 82.4 Å².